The van der Waals surface area contributed by atoms with Crippen LogP contribution < -0.4 is 5.32 Å². The Kier molecular flexibility index (Phi) is 4.35. The fourth-order valence-electron chi connectivity index (χ4n) is 2.47. The Balaban J connectivity index is 1.68. The van der Waals surface area contributed by atoms with Gasteiger partial charge in [-0.05, 0) is 40.0 Å². The van der Waals surface area contributed by atoms with Crippen LogP contribution in [0.3, 0.4) is 0 Å². The van der Waals surface area contributed by atoms with E-state index in [-0.39, 0.29) is 12.0 Å². The number of carboxylic acid groups (broad SMARTS) is 1. The highest BCUT2D eigenvalue weighted by Crippen LogP contribution is 2.36. The van der Waals surface area contributed by atoms with E-state index in [1.807, 2.05) is 11.8 Å². The van der Waals surface area contributed by atoms with Gasteiger partial charge in [0, 0.05) is 22.0 Å². The summed E-state index contributed by atoms with van der Waals surface area (Å²) in [7, 11) is 0. The van der Waals surface area contributed by atoms with Crippen LogP contribution >= 0.6 is 27.7 Å². The number of hydrogen-bond acceptors (Lipinski definition) is 4. The molecule has 2 aliphatic rings. The summed E-state index contributed by atoms with van der Waals surface area (Å²) in [4.78, 5) is 12.2. The first-order chi connectivity index (χ1) is 9.63. The Hall–Kier alpha value is -0.560. The van der Waals surface area contributed by atoms with Crippen molar-refractivity contribution in [3.63, 3.8) is 0 Å². The third-order valence-electron chi connectivity index (χ3n) is 3.74. The van der Waals surface area contributed by atoms with Crippen molar-refractivity contribution in [3.8, 4) is 0 Å². The lowest BCUT2D eigenvalue weighted by Gasteiger charge is -2.25. The number of ether oxygens (including phenoxy) is 1. The minimum Gasteiger partial charge on any atom is -0.481 e. The molecule has 4 nitrogen and oxygen atoms in total. The Morgan fingerprint density at radius 2 is 2.25 bits per heavy atom. The van der Waals surface area contributed by atoms with Crippen molar-refractivity contribution in [3.05, 3.63) is 28.2 Å². The van der Waals surface area contributed by atoms with Crippen LogP contribution in [0.1, 0.15) is 18.0 Å². The Bertz CT molecular complexity index is 521. The molecule has 0 aromatic heterocycles. The van der Waals surface area contributed by atoms with E-state index in [1.54, 1.807) is 0 Å². The van der Waals surface area contributed by atoms with Gasteiger partial charge in [0.05, 0.1) is 24.4 Å². The molecule has 2 atom stereocenters. The predicted molar refractivity (Wildman–Crippen MR) is 81.1 cm³/mol. The first-order valence-corrected chi connectivity index (χ1v) is 8.31. The van der Waals surface area contributed by atoms with E-state index in [4.69, 9.17) is 9.84 Å². The summed E-state index contributed by atoms with van der Waals surface area (Å²) in [6.45, 7) is 2.19. The zero-order valence-corrected chi connectivity index (χ0v) is 13.2. The molecule has 2 N–H and O–H groups in total. The highest BCUT2D eigenvalue weighted by atomic mass is 79.9. The van der Waals surface area contributed by atoms with Gasteiger partial charge >= 0.3 is 5.97 Å². The molecule has 0 amide bonds. The van der Waals surface area contributed by atoms with Crippen molar-refractivity contribution >= 4 is 33.7 Å². The molecule has 0 saturated carbocycles. The van der Waals surface area contributed by atoms with Gasteiger partial charge in [-0.25, -0.2) is 0 Å². The SMILES string of the molecule is O=C(O)C1CNC(c2ccc(SC3COC3)c(Br)c2)C1. The van der Waals surface area contributed by atoms with Crippen LogP contribution in [0, 0.1) is 5.92 Å². The maximum Gasteiger partial charge on any atom is 0.307 e. The number of carboxylic acids is 1. The van der Waals surface area contributed by atoms with Crippen molar-refractivity contribution < 1.29 is 14.6 Å². The number of thioether (sulfide) groups is 1. The van der Waals surface area contributed by atoms with Crippen LogP contribution in [-0.2, 0) is 9.53 Å². The van der Waals surface area contributed by atoms with Gasteiger partial charge < -0.3 is 15.2 Å². The Morgan fingerprint density at radius 3 is 2.80 bits per heavy atom. The summed E-state index contributed by atoms with van der Waals surface area (Å²) >= 11 is 5.44. The second-order valence-corrected chi connectivity index (χ2v) is 7.40. The van der Waals surface area contributed by atoms with Crippen LogP contribution in [0.5, 0.6) is 0 Å². The standard InChI is InChI=1S/C14H16BrNO3S/c15-11-3-8(12-4-9(5-16-12)14(17)18)1-2-13(11)20-10-6-19-7-10/h1-3,9-10,12,16H,4-7H2,(H,17,18). The molecule has 3 rings (SSSR count). The molecular formula is C14H16BrNO3S. The van der Waals surface area contributed by atoms with E-state index in [2.05, 4.69) is 39.4 Å². The number of hydrogen-bond donors (Lipinski definition) is 2. The third-order valence-corrected chi connectivity index (χ3v) is 5.87. The number of nitrogens with one attached hydrogen (secondary N) is 1. The molecule has 20 heavy (non-hydrogen) atoms. The van der Waals surface area contributed by atoms with E-state index in [0.29, 0.717) is 18.2 Å². The van der Waals surface area contributed by atoms with Gasteiger partial charge in [-0.1, -0.05) is 6.07 Å². The summed E-state index contributed by atoms with van der Waals surface area (Å²) in [6.07, 6.45) is 0.657. The third kappa shape index (κ3) is 3.03. The zero-order valence-electron chi connectivity index (χ0n) is 10.8. The van der Waals surface area contributed by atoms with E-state index < -0.39 is 5.97 Å². The molecule has 0 aliphatic carbocycles. The normalized spacial score (nSPS) is 26.4. The maximum absolute atomic E-state index is 11.0. The van der Waals surface area contributed by atoms with Crippen LogP contribution in [0.4, 0.5) is 0 Å². The largest absolute Gasteiger partial charge is 0.481 e. The number of aliphatic carboxylic acids is 1. The van der Waals surface area contributed by atoms with Gasteiger partial charge in [-0.3, -0.25) is 4.79 Å². The molecule has 1 aromatic rings. The molecule has 0 spiro atoms. The number of halogens is 1. The first-order valence-electron chi connectivity index (χ1n) is 6.63. The highest BCUT2D eigenvalue weighted by Gasteiger charge is 2.30. The van der Waals surface area contributed by atoms with E-state index in [9.17, 15) is 4.79 Å². The summed E-state index contributed by atoms with van der Waals surface area (Å²) in [5.74, 6) is -0.990. The highest BCUT2D eigenvalue weighted by molar-refractivity contribution is 9.10. The van der Waals surface area contributed by atoms with E-state index in [0.717, 1.165) is 23.2 Å². The van der Waals surface area contributed by atoms with Gasteiger partial charge in [0.2, 0.25) is 0 Å². The lowest BCUT2D eigenvalue weighted by atomic mass is 10.0. The fourth-order valence-corrected chi connectivity index (χ4v) is 4.15. The lowest BCUT2D eigenvalue weighted by Crippen LogP contribution is -2.30. The minimum absolute atomic E-state index is 0.137. The van der Waals surface area contributed by atoms with Crippen molar-refractivity contribution in [2.24, 2.45) is 5.92 Å². The quantitative estimate of drug-likeness (QED) is 0.867. The second kappa shape index (κ2) is 6.05. The van der Waals surface area contributed by atoms with Crippen LogP contribution in [0.2, 0.25) is 0 Å². The molecule has 2 heterocycles. The molecule has 2 saturated heterocycles. The molecule has 2 aliphatic heterocycles. The van der Waals surface area contributed by atoms with Crippen molar-refractivity contribution in [2.75, 3.05) is 19.8 Å². The van der Waals surface area contributed by atoms with Gasteiger partial charge in [0.15, 0.2) is 0 Å². The molecule has 2 unspecified atom stereocenters. The number of benzene rings is 1. The summed E-state index contributed by atoms with van der Waals surface area (Å²) in [6, 6.07) is 6.44. The Morgan fingerprint density at radius 1 is 1.45 bits per heavy atom. The van der Waals surface area contributed by atoms with Gasteiger partial charge in [0.25, 0.3) is 0 Å². The van der Waals surface area contributed by atoms with Gasteiger partial charge in [-0.2, -0.15) is 0 Å². The lowest BCUT2D eigenvalue weighted by molar-refractivity contribution is -0.141. The monoisotopic (exact) mass is 357 g/mol. The van der Waals surface area contributed by atoms with E-state index >= 15 is 0 Å². The summed E-state index contributed by atoms with van der Waals surface area (Å²) in [5.41, 5.74) is 1.15. The van der Waals surface area contributed by atoms with Crippen molar-refractivity contribution in [1.82, 2.24) is 5.32 Å². The number of carbonyl (C=O) groups is 1. The zero-order chi connectivity index (χ0) is 14.1. The average Bonchev–Trinajstić information content (AvgIpc) is 2.84. The van der Waals surface area contributed by atoms with Crippen molar-refractivity contribution in [1.29, 1.82) is 0 Å². The molecule has 0 radical (unpaired) electrons. The summed E-state index contributed by atoms with van der Waals surface area (Å²) < 4.78 is 6.26. The van der Waals surface area contributed by atoms with Gasteiger partial charge in [-0.15, -0.1) is 11.8 Å². The van der Waals surface area contributed by atoms with Gasteiger partial charge in [0.1, 0.15) is 0 Å². The molecule has 108 valence electrons. The number of rotatable bonds is 4. The first kappa shape index (κ1) is 14.4. The van der Waals surface area contributed by atoms with Crippen molar-refractivity contribution in [2.45, 2.75) is 22.6 Å². The minimum atomic E-state index is -0.712. The molecule has 6 heteroatoms. The van der Waals surface area contributed by atoms with Crippen LogP contribution in [-0.4, -0.2) is 36.1 Å². The molecule has 2 fully saturated rings. The molecular weight excluding hydrogens is 342 g/mol. The molecule has 1 aromatic carbocycles. The topological polar surface area (TPSA) is 58.6 Å². The molecule has 0 bridgehead atoms. The van der Waals surface area contributed by atoms with Crippen LogP contribution in [0.25, 0.3) is 0 Å². The van der Waals surface area contributed by atoms with Crippen LogP contribution in [0.15, 0.2) is 27.6 Å². The Labute approximate surface area is 130 Å². The maximum atomic E-state index is 11.0. The smallest absolute Gasteiger partial charge is 0.307 e. The fraction of sp³-hybridized carbons (Fsp3) is 0.500. The second-order valence-electron chi connectivity index (χ2n) is 5.20. The predicted octanol–water partition coefficient (Wildman–Crippen LogP) is 2.68. The average molecular weight is 358 g/mol. The summed E-state index contributed by atoms with van der Waals surface area (Å²) in [5, 5.41) is 12.9. The van der Waals surface area contributed by atoms with E-state index in [1.165, 1.54) is 4.90 Å².